The summed E-state index contributed by atoms with van der Waals surface area (Å²) in [4.78, 5) is 35.0. The van der Waals surface area contributed by atoms with E-state index < -0.39 is 0 Å². The Balaban J connectivity index is 0.00000162. The third kappa shape index (κ3) is 2.54. The van der Waals surface area contributed by atoms with Crippen LogP contribution in [0, 0.1) is 11.8 Å². The first-order chi connectivity index (χ1) is 8.08. The molecular weight excluding hydrogens is 220 g/mol. The lowest BCUT2D eigenvalue weighted by atomic mass is 9.81. The van der Waals surface area contributed by atoms with Gasteiger partial charge in [-0.25, -0.2) is 0 Å². The standard InChI is InChI=1S/C12H16N2O3.H2/c13-12(17)9-3-1-8(2-4-9)7-14-10(15)5-6-11(14)16;/h5-6,8-9H,1-4,7H2,(H2,13,17);1H. The smallest absolute Gasteiger partial charge is 0.253 e. The van der Waals surface area contributed by atoms with Crippen LogP contribution in [0.5, 0.6) is 0 Å². The highest BCUT2D eigenvalue weighted by molar-refractivity contribution is 6.12. The highest BCUT2D eigenvalue weighted by Crippen LogP contribution is 2.29. The molecule has 0 aromatic heterocycles. The molecule has 0 bridgehead atoms. The van der Waals surface area contributed by atoms with Gasteiger partial charge in [0.1, 0.15) is 0 Å². The van der Waals surface area contributed by atoms with Gasteiger partial charge in [0.05, 0.1) is 0 Å². The predicted octanol–water partition coefficient (Wildman–Crippen LogP) is 0.449. The first-order valence-electron chi connectivity index (χ1n) is 5.91. The third-order valence-corrected chi connectivity index (χ3v) is 3.59. The van der Waals surface area contributed by atoms with Crippen molar-refractivity contribution < 1.29 is 15.8 Å². The fraction of sp³-hybridized carbons (Fsp3) is 0.583. The van der Waals surface area contributed by atoms with Gasteiger partial charge in [0.25, 0.3) is 11.8 Å². The van der Waals surface area contributed by atoms with E-state index in [-0.39, 0.29) is 25.1 Å². The third-order valence-electron chi connectivity index (χ3n) is 3.59. The summed E-state index contributed by atoms with van der Waals surface area (Å²) in [7, 11) is 0. The van der Waals surface area contributed by atoms with Gasteiger partial charge >= 0.3 is 0 Å². The van der Waals surface area contributed by atoms with Crippen LogP contribution in [0.15, 0.2) is 12.2 Å². The van der Waals surface area contributed by atoms with Crippen LogP contribution in [0.25, 0.3) is 0 Å². The Labute approximate surface area is 101 Å². The van der Waals surface area contributed by atoms with Crippen LogP contribution in [0.2, 0.25) is 0 Å². The lowest BCUT2D eigenvalue weighted by molar-refractivity contribution is -0.138. The Morgan fingerprint density at radius 3 is 2.24 bits per heavy atom. The van der Waals surface area contributed by atoms with Crippen LogP contribution in [-0.2, 0) is 14.4 Å². The number of hydrogen-bond acceptors (Lipinski definition) is 3. The van der Waals surface area contributed by atoms with E-state index in [2.05, 4.69) is 0 Å². The minimum absolute atomic E-state index is 0. The zero-order valence-electron chi connectivity index (χ0n) is 9.59. The molecule has 1 fully saturated rings. The van der Waals surface area contributed by atoms with Gasteiger partial charge in [0.2, 0.25) is 5.91 Å². The molecule has 1 aliphatic heterocycles. The van der Waals surface area contributed by atoms with Crippen molar-refractivity contribution in [3.05, 3.63) is 12.2 Å². The summed E-state index contributed by atoms with van der Waals surface area (Å²) < 4.78 is 0. The van der Waals surface area contributed by atoms with Gasteiger partial charge in [0.15, 0.2) is 0 Å². The number of nitrogens with two attached hydrogens (primary N) is 1. The fourth-order valence-corrected chi connectivity index (χ4v) is 2.50. The maximum Gasteiger partial charge on any atom is 0.253 e. The molecule has 17 heavy (non-hydrogen) atoms. The van der Waals surface area contributed by atoms with Crippen LogP contribution in [0.1, 0.15) is 27.1 Å². The van der Waals surface area contributed by atoms with Crippen molar-refractivity contribution in [2.75, 3.05) is 6.54 Å². The molecule has 2 rings (SSSR count). The average molecular weight is 238 g/mol. The minimum Gasteiger partial charge on any atom is -0.369 e. The second-order valence-corrected chi connectivity index (χ2v) is 4.74. The summed E-state index contributed by atoms with van der Waals surface area (Å²) in [5, 5.41) is 0. The molecule has 5 nitrogen and oxygen atoms in total. The van der Waals surface area contributed by atoms with Crippen LogP contribution in [0.4, 0.5) is 0 Å². The van der Waals surface area contributed by atoms with Gasteiger partial charge in [-0.2, -0.15) is 0 Å². The van der Waals surface area contributed by atoms with Crippen LogP contribution >= 0.6 is 0 Å². The van der Waals surface area contributed by atoms with Crippen molar-refractivity contribution in [2.45, 2.75) is 25.7 Å². The molecule has 0 radical (unpaired) electrons. The van der Waals surface area contributed by atoms with Gasteiger partial charge < -0.3 is 5.73 Å². The van der Waals surface area contributed by atoms with E-state index in [9.17, 15) is 14.4 Å². The van der Waals surface area contributed by atoms with Crippen molar-refractivity contribution in [2.24, 2.45) is 17.6 Å². The van der Waals surface area contributed by atoms with Crippen molar-refractivity contribution >= 4 is 17.7 Å². The molecule has 0 saturated heterocycles. The van der Waals surface area contributed by atoms with E-state index in [0.29, 0.717) is 12.5 Å². The van der Waals surface area contributed by atoms with E-state index in [1.54, 1.807) is 0 Å². The summed E-state index contributed by atoms with van der Waals surface area (Å²) >= 11 is 0. The molecule has 0 spiro atoms. The van der Waals surface area contributed by atoms with E-state index in [4.69, 9.17) is 5.73 Å². The zero-order valence-corrected chi connectivity index (χ0v) is 9.59. The molecule has 1 heterocycles. The Kier molecular flexibility index (Phi) is 3.26. The second-order valence-electron chi connectivity index (χ2n) is 4.74. The van der Waals surface area contributed by atoms with E-state index >= 15 is 0 Å². The molecule has 3 amide bonds. The van der Waals surface area contributed by atoms with E-state index in [1.165, 1.54) is 17.1 Å². The number of amides is 3. The number of rotatable bonds is 3. The molecule has 0 atom stereocenters. The van der Waals surface area contributed by atoms with E-state index in [0.717, 1.165) is 25.7 Å². The number of hydrogen-bond donors (Lipinski definition) is 1. The summed E-state index contributed by atoms with van der Waals surface area (Å²) in [5.74, 6) is -0.426. The summed E-state index contributed by atoms with van der Waals surface area (Å²) in [6.45, 7) is 0.468. The Morgan fingerprint density at radius 1 is 1.24 bits per heavy atom. The Bertz CT molecular complexity index is 369. The van der Waals surface area contributed by atoms with Crippen molar-refractivity contribution in [3.63, 3.8) is 0 Å². The number of carbonyl (C=O) groups excluding carboxylic acids is 3. The Morgan fingerprint density at radius 2 is 1.76 bits per heavy atom. The summed E-state index contributed by atoms with van der Waals surface area (Å²) in [6, 6.07) is 0. The number of primary amides is 1. The topological polar surface area (TPSA) is 80.5 Å². The quantitative estimate of drug-likeness (QED) is 0.725. The maximum atomic E-state index is 11.4. The molecule has 0 unspecified atom stereocenters. The molecule has 94 valence electrons. The minimum atomic E-state index is -0.238. The highest BCUT2D eigenvalue weighted by atomic mass is 16.2. The van der Waals surface area contributed by atoms with Crippen LogP contribution in [0.3, 0.4) is 0 Å². The normalized spacial score (nSPS) is 28.8. The maximum absolute atomic E-state index is 11.4. The van der Waals surface area contributed by atoms with Gasteiger partial charge in [0, 0.05) is 26.0 Å². The van der Waals surface area contributed by atoms with Gasteiger partial charge in [-0.05, 0) is 31.6 Å². The lowest BCUT2D eigenvalue weighted by Gasteiger charge is -2.29. The summed E-state index contributed by atoms with van der Waals surface area (Å²) in [6.07, 6.45) is 5.84. The average Bonchev–Trinajstić information content (AvgIpc) is 2.61. The first-order valence-corrected chi connectivity index (χ1v) is 5.91. The first kappa shape index (κ1) is 11.8. The van der Waals surface area contributed by atoms with E-state index in [1.807, 2.05) is 0 Å². The largest absolute Gasteiger partial charge is 0.369 e. The monoisotopic (exact) mass is 238 g/mol. The molecule has 2 aliphatic rings. The Hall–Kier alpha value is -1.65. The van der Waals surface area contributed by atoms with Crippen LogP contribution < -0.4 is 5.73 Å². The van der Waals surface area contributed by atoms with Crippen molar-refractivity contribution in [1.82, 2.24) is 4.90 Å². The van der Waals surface area contributed by atoms with Gasteiger partial charge in [-0.1, -0.05) is 0 Å². The number of imide groups is 1. The molecule has 1 saturated carbocycles. The molecule has 2 N–H and O–H groups in total. The second kappa shape index (κ2) is 4.69. The molecule has 1 aliphatic carbocycles. The number of nitrogens with zero attached hydrogens (tertiary/aromatic N) is 1. The zero-order chi connectivity index (χ0) is 12.4. The molecule has 0 aromatic rings. The number of carbonyl (C=O) groups is 3. The van der Waals surface area contributed by atoms with Gasteiger partial charge in [-0.15, -0.1) is 0 Å². The van der Waals surface area contributed by atoms with Gasteiger partial charge in [-0.3, -0.25) is 19.3 Å². The highest BCUT2D eigenvalue weighted by Gasteiger charge is 2.30. The van der Waals surface area contributed by atoms with Crippen molar-refractivity contribution in [1.29, 1.82) is 0 Å². The fourth-order valence-electron chi connectivity index (χ4n) is 2.50. The SMILES string of the molecule is NC(=O)C1CCC(CN2C(=O)C=CC2=O)CC1.[HH]. The summed E-state index contributed by atoms with van der Waals surface area (Å²) in [5.41, 5.74) is 5.25. The molecule has 0 aromatic carbocycles. The molecular formula is C12H18N2O3. The lowest BCUT2D eigenvalue weighted by Crippen LogP contribution is -2.37. The van der Waals surface area contributed by atoms with Crippen LogP contribution in [-0.4, -0.2) is 29.2 Å². The molecule has 5 heteroatoms. The van der Waals surface area contributed by atoms with Crippen molar-refractivity contribution in [3.8, 4) is 0 Å². The predicted molar refractivity (Wildman–Crippen MR) is 62.6 cm³/mol.